The molecule has 618 valence electrons. The van der Waals surface area contributed by atoms with Crippen LogP contribution in [0.25, 0.3) is 0 Å². The highest BCUT2D eigenvalue weighted by Crippen LogP contribution is 2.48. The van der Waals surface area contributed by atoms with E-state index in [2.05, 4.69) is 129 Å². The molecule has 0 bridgehead atoms. The average molecular weight is 1550 g/mol. The van der Waals surface area contributed by atoms with Gasteiger partial charge in [-0.05, 0) is 237 Å². The Kier molecular flexibility index (Phi) is 35.0. The van der Waals surface area contributed by atoms with Crippen molar-refractivity contribution in [2.24, 2.45) is 11.8 Å². The number of hydrogen-bond acceptors (Lipinski definition) is 26. The maximum absolute atomic E-state index is 12.2. The predicted molar refractivity (Wildman–Crippen MR) is 418 cm³/mol. The van der Waals surface area contributed by atoms with E-state index in [1.54, 1.807) is 52.8 Å². The lowest BCUT2D eigenvalue weighted by Crippen LogP contribution is -2.60. The van der Waals surface area contributed by atoms with E-state index >= 15 is 0 Å². The van der Waals surface area contributed by atoms with Crippen molar-refractivity contribution in [3.63, 3.8) is 0 Å². The van der Waals surface area contributed by atoms with Crippen LogP contribution in [0.3, 0.4) is 0 Å². The van der Waals surface area contributed by atoms with Crippen LogP contribution < -0.4 is 35.5 Å². The van der Waals surface area contributed by atoms with Gasteiger partial charge in [0.15, 0.2) is 0 Å². The van der Waals surface area contributed by atoms with Gasteiger partial charge in [-0.1, -0.05) is 44.2 Å². The van der Waals surface area contributed by atoms with Gasteiger partial charge in [0, 0.05) is 39.7 Å². The molecule has 15 N–H and O–H groups in total. The molecule has 0 radical (unpaired) electrons. The molecule has 0 spiro atoms. The van der Waals surface area contributed by atoms with Crippen molar-refractivity contribution in [1.29, 1.82) is 0 Å². The zero-order valence-corrected chi connectivity index (χ0v) is 69.8. The van der Waals surface area contributed by atoms with E-state index in [1.165, 1.54) is 5.56 Å². The first-order valence-corrected chi connectivity index (χ1v) is 38.5. The highest BCUT2D eigenvalue weighted by Gasteiger charge is 2.47. The number of phosphoric acid groups is 1. The van der Waals surface area contributed by atoms with Gasteiger partial charge in [-0.15, -0.1) is 0 Å². The van der Waals surface area contributed by atoms with Crippen molar-refractivity contribution >= 4 is 30.6 Å². The summed E-state index contributed by atoms with van der Waals surface area (Å²) in [6.07, 6.45) is -14.9. The van der Waals surface area contributed by atoms with E-state index in [-0.39, 0.29) is 45.8 Å². The van der Waals surface area contributed by atoms with Crippen LogP contribution in [0, 0.1) is 11.8 Å². The number of benzene rings is 4. The zero-order valence-electron chi connectivity index (χ0n) is 68.9. The summed E-state index contributed by atoms with van der Waals surface area (Å²) in [5, 5.41) is 113. The van der Waals surface area contributed by atoms with Crippen molar-refractivity contribution in [2.45, 2.75) is 331 Å². The number of aliphatic hydroxyl groups is 10. The van der Waals surface area contributed by atoms with E-state index in [4.69, 9.17) is 51.7 Å². The summed E-state index contributed by atoms with van der Waals surface area (Å²) >= 11 is 0. The summed E-state index contributed by atoms with van der Waals surface area (Å²) in [5.41, 5.74) is 4.77. The van der Waals surface area contributed by atoms with Crippen molar-refractivity contribution in [2.75, 3.05) is 41.1 Å². The molecule has 0 aromatic heterocycles. The average Bonchev–Trinajstić information content (AvgIpc) is 0.808. The molecule has 16 atom stereocenters. The van der Waals surface area contributed by atoms with E-state index in [0.29, 0.717) is 42.6 Å². The molecule has 28 heteroatoms. The molecule has 16 unspecified atom stereocenters. The van der Waals surface area contributed by atoms with Crippen LogP contribution in [0.2, 0.25) is 0 Å². The molecule has 0 amide bonds. The summed E-state index contributed by atoms with van der Waals surface area (Å²) in [7, 11) is -4.29. The summed E-state index contributed by atoms with van der Waals surface area (Å²) in [6, 6.07) is 24.7. The van der Waals surface area contributed by atoms with Gasteiger partial charge in [0.1, 0.15) is 66.1 Å². The standard InChI is InChI=1S/2C22H37NO6.C21H36NO10P.C15H25NO/c2*1-13-18(25)19(26)17(11-24)29-20(13)28-16-9-8-14(12-27-22(5,6)7)10-15(16)23-21(2,3)4;1-20(2,3)22-13-9-12(11-29-33(27,28)32-21(4,5)6)7-8-14(13)30-19-18(26)17(25)16(24)15(10-23)31-19;1-14(2,3)16-13-9-7-12(8-10-13)11-17-15(4,5)6/h2*8-10,13,17-20,23-26H,11-12H2,1-7H3;7-9,15-19,22-26H,10-11H2,1-6H3,(H,27,28);7-10,16H,11H2,1-6H3. The minimum absolute atomic E-state index is 0.0810. The van der Waals surface area contributed by atoms with Crippen LogP contribution in [0.5, 0.6) is 17.2 Å². The maximum atomic E-state index is 12.2. The van der Waals surface area contributed by atoms with Crippen LogP contribution in [0.15, 0.2) is 78.9 Å². The first-order valence-electron chi connectivity index (χ1n) is 37.0. The Morgan fingerprint density at radius 3 is 0.954 bits per heavy atom. The lowest BCUT2D eigenvalue weighted by atomic mass is 9.92. The largest absolute Gasteiger partial charge is 0.473 e. The molecule has 4 aromatic carbocycles. The Balaban J connectivity index is 0.000000311. The third-order valence-electron chi connectivity index (χ3n) is 15.9. The Morgan fingerprint density at radius 2 is 0.648 bits per heavy atom. The normalized spacial score (nSPS) is 25.8. The first kappa shape index (κ1) is 95.3. The summed E-state index contributed by atoms with van der Waals surface area (Å²) in [4.78, 5) is 9.92. The van der Waals surface area contributed by atoms with Gasteiger partial charge < -0.3 is 120 Å². The van der Waals surface area contributed by atoms with Crippen LogP contribution in [0.4, 0.5) is 22.7 Å². The maximum Gasteiger partial charge on any atom is 0.473 e. The van der Waals surface area contributed by atoms with Gasteiger partial charge in [-0.2, -0.15) is 0 Å². The van der Waals surface area contributed by atoms with Crippen LogP contribution in [-0.2, 0) is 68.5 Å². The fourth-order valence-corrected chi connectivity index (χ4v) is 11.7. The van der Waals surface area contributed by atoms with Crippen LogP contribution in [-0.4, -0.2) is 200 Å². The van der Waals surface area contributed by atoms with Gasteiger partial charge in [0.25, 0.3) is 0 Å². The number of hydrogen-bond donors (Lipinski definition) is 15. The molecule has 4 aromatic rings. The number of ether oxygens (including phenoxy) is 9. The summed E-state index contributed by atoms with van der Waals surface area (Å²) in [5.74, 6) is 0.433. The number of phosphoric ester groups is 1. The predicted octanol–water partition coefficient (Wildman–Crippen LogP) is 11.1. The molecule has 0 saturated carbocycles. The molecule has 3 aliphatic heterocycles. The highest BCUT2D eigenvalue weighted by atomic mass is 31.2. The molecular formula is C80H135N4O23P. The van der Waals surface area contributed by atoms with E-state index in [9.17, 15) is 60.5 Å². The van der Waals surface area contributed by atoms with Gasteiger partial charge in [-0.25, -0.2) is 4.57 Å². The number of nitrogens with one attached hydrogen (secondary N) is 4. The smallest absolute Gasteiger partial charge is 0.462 e. The highest BCUT2D eigenvalue weighted by molar-refractivity contribution is 7.47. The molecule has 3 saturated heterocycles. The Hall–Kier alpha value is -5.05. The molecule has 27 nitrogen and oxygen atoms in total. The molecule has 0 aliphatic carbocycles. The topological polar surface area (TPSA) is 389 Å². The molecular weight excluding hydrogens is 1420 g/mol. The van der Waals surface area contributed by atoms with Gasteiger partial charge in [0.05, 0.1) is 97.9 Å². The fraction of sp³-hybridized carbons (Fsp3) is 0.700. The minimum atomic E-state index is -4.29. The third kappa shape index (κ3) is 34.1. The van der Waals surface area contributed by atoms with Gasteiger partial charge in [0.2, 0.25) is 18.9 Å². The molecule has 3 aliphatic rings. The summed E-state index contributed by atoms with van der Waals surface area (Å²) in [6.45, 7) is 51.2. The van der Waals surface area contributed by atoms with Crippen molar-refractivity contribution in [1.82, 2.24) is 0 Å². The second-order valence-corrected chi connectivity index (χ2v) is 37.4. The quantitative estimate of drug-likeness (QED) is 0.0307. The Bertz CT molecular complexity index is 3260. The lowest BCUT2D eigenvalue weighted by Gasteiger charge is -2.41. The SMILES string of the molecule is CC(C)(C)Nc1cc(COP(=O)(O)OC(C)(C)C)ccc1OC1OC(CO)C(O)C(O)C1O.CC(C)(C)Nc1ccc(COC(C)(C)C)cc1.CC1C(Oc2ccc(COC(C)(C)C)cc2NC(C)(C)C)OC(CO)C(O)C1O.CC1C(Oc2ccc(COC(C)(C)C)cc2NC(C)(C)C)OC(CO)C(O)C1O. The van der Waals surface area contributed by atoms with Crippen LogP contribution in [0.1, 0.15) is 202 Å². The summed E-state index contributed by atoms with van der Waals surface area (Å²) < 4.78 is 74.6. The molecule has 3 heterocycles. The fourth-order valence-electron chi connectivity index (χ4n) is 10.6. The molecule has 7 rings (SSSR count). The second kappa shape index (κ2) is 39.6. The Morgan fingerprint density at radius 1 is 0.361 bits per heavy atom. The Labute approximate surface area is 642 Å². The second-order valence-electron chi connectivity index (χ2n) is 36.0. The van der Waals surface area contributed by atoms with Crippen molar-refractivity contribution < 1.29 is 112 Å². The number of anilines is 4. The number of rotatable bonds is 23. The monoisotopic (exact) mass is 1550 g/mol. The lowest BCUT2D eigenvalue weighted by molar-refractivity contribution is -0.277. The van der Waals surface area contributed by atoms with Gasteiger partial charge >= 0.3 is 7.82 Å². The van der Waals surface area contributed by atoms with E-state index in [0.717, 1.165) is 28.2 Å². The van der Waals surface area contributed by atoms with Crippen LogP contribution >= 0.6 is 7.82 Å². The van der Waals surface area contributed by atoms with Gasteiger partial charge in [-0.3, -0.25) is 9.05 Å². The molecule has 108 heavy (non-hydrogen) atoms. The van der Waals surface area contributed by atoms with Crippen molar-refractivity contribution in [3.8, 4) is 17.2 Å². The van der Waals surface area contributed by atoms with Crippen molar-refractivity contribution in [3.05, 3.63) is 101 Å². The van der Waals surface area contributed by atoms with E-state index in [1.807, 2.05) is 98.7 Å². The minimum Gasteiger partial charge on any atom is -0.462 e. The number of aliphatic hydroxyl groups excluding tert-OH is 10. The zero-order chi connectivity index (χ0) is 82.3. The molecule has 3 fully saturated rings. The van der Waals surface area contributed by atoms with E-state index < -0.39 is 131 Å². The third-order valence-corrected chi connectivity index (χ3v) is 17.1. The first-order chi connectivity index (χ1) is 49.3.